The molecule has 1 atom stereocenters. The van der Waals surface area contributed by atoms with Crippen LogP contribution in [0, 0.1) is 0 Å². The maximum absolute atomic E-state index is 9.56. The predicted octanol–water partition coefficient (Wildman–Crippen LogP) is 0.710. The Labute approximate surface area is 103 Å². The summed E-state index contributed by atoms with van der Waals surface area (Å²) in [5.41, 5.74) is 16.2. The molecule has 0 aliphatic rings. The van der Waals surface area contributed by atoms with Crippen LogP contribution in [0.1, 0.15) is 6.92 Å². The maximum Gasteiger partial charge on any atom is 0.218 e. The van der Waals surface area contributed by atoms with Crippen LogP contribution < -0.4 is 0 Å². The molecule has 0 radical (unpaired) electrons. The van der Waals surface area contributed by atoms with Crippen molar-refractivity contribution in [2.24, 2.45) is 10.2 Å². The molecule has 18 heavy (non-hydrogen) atoms. The lowest BCUT2D eigenvalue weighted by molar-refractivity contribution is -0.292. The van der Waals surface area contributed by atoms with Crippen LogP contribution in [0.25, 0.3) is 20.9 Å². The first-order valence-electron chi connectivity index (χ1n) is 5.21. The number of nitrogens with zero attached hydrogens (tertiary/aromatic N) is 6. The lowest BCUT2D eigenvalue weighted by Gasteiger charge is -2.34. The van der Waals surface area contributed by atoms with E-state index in [1.165, 1.54) is 6.92 Å². The van der Waals surface area contributed by atoms with Crippen LogP contribution in [-0.4, -0.2) is 55.0 Å². The number of hydrogen-bond donors (Lipinski definition) is 2. The van der Waals surface area contributed by atoms with Crippen molar-refractivity contribution in [1.82, 2.24) is 0 Å². The van der Waals surface area contributed by atoms with Gasteiger partial charge >= 0.3 is 0 Å². The average molecular weight is 260 g/mol. The van der Waals surface area contributed by atoms with Crippen molar-refractivity contribution in [3.8, 4) is 0 Å². The topological polar surface area (TPSA) is 156 Å². The van der Waals surface area contributed by atoms with Crippen LogP contribution in [0.5, 0.6) is 0 Å². The minimum atomic E-state index is -1.62. The maximum atomic E-state index is 9.56. The Morgan fingerprint density at radius 3 is 1.89 bits per heavy atom. The van der Waals surface area contributed by atoms with E-state index in [1.807, 2.05) is 0 Å². The fourth-order valence-corrected chi connectivity index (χ4v) is 1.11. The summed E-state index contributed by atoms with van der Waals surface area (Å²) in [5.74, 6) is -1.62. The lowest BCUT2D eigenvalue weighted by atomic mass is 10.2. The van der Waals surface area contributed by atoms with Crippen molar-refractivity contribution < 1.29 is 19.7 Å². The highest BCUT2D eigenvalue weighted by atomic mass is 16.7. The summed E-state index contributed by atoms with van der Waals surface area (Å²) in [6.07, 6.45) is -1.11. The number of hydrogen-bond acceptors (Lipinski definition) is 6. The van der Waals surface area contributed by atoms with E-state index in [0.717, 1.165) is 0 Å². The van der Waals surface area contributed by atoms with Crippen molar-refractivity contribution >= 4 is 0 Å². The Kier molecular flexibility index (Phi) is 8.67. The molecule has 0 spiro atoms. The third kappa shape index (κ3) is 5.69. The van der Waals surface area contributed by atoms with Gasteiger partial charge in [-0.1, -0.05) is 10.2 Å². The van der Waals surface area contributed by atoms with Crippen molar-refractivity contribution in [3.63, 3.8) is 0 Å². The van der Waals surface area contributed by atoms with Gasteiger partial charge in [0.15, 0.2) is 0 Å². The normalized spacial score (nSPS) is 15.1. The van der Waals surface area contributed by atoms with Gasteiger partial charge in [0.1, 0.15) is 6.10 Å². The molecule has 0 heterocycles. The Morgan fingerprint density at radius 1 is 1.17 bits per heavy atom. The molecular formula is C8H16N6O4. The summed E-state index contributed by atoms with van der Waals surface area (Å²) in [7, 11) is 0. The van der Waals surface area contributed by atoms with Gasteiger partial charge in [-0.2, -0.15) is 0 Å². The standard InChI is InChI=1S/C8H16N6O4/c1-7(16)8(6-15,17-4-2-11-13-9)18-5-3-12-14-10/h7,15-16H,2-6H2,1H3. The van der Waals surface area contributed by atoms with Gasteiger partial charge in [-0.3, -0.25) is 0 Å². The summed E-state index contributed by atoms with van der Waals surface area (Å²) in [6, 6.07) is 0. The smallest absolute Gasteiger partial charge is 0.218 e. The highest BCUT2D eigenvalue weighted by Crippen LogP contribution is 2.18. The molecule has 0 aromatic rings. The van der Waals surface area contributed by atoms with Crippen LogP contribution in [-0.2, 0) is 9.47 Å². The van der Waals surface area contributed by atoms with E-state index in [0.29, 0.717) is 0 Å². The number of ether oxygens (including phenoxy) is 2. The average Bonchev–Trinajstić information content (AvgIpc) is 2.37. The van der Waals surface area contributed by atoms with E-state index in [1.54, 1.807) is 0 Å². The fourth-order valence-electron chi connectivity index (χ4n) is 1.11. The molecule has 0 aromatic carbocycles. The van der Waals surface area contributed by atoms with Crippen LogP contribution >= 0.6 is 0 Å². The highest BCUT2D eigenvalue weighted by molar-refractivity contribution is 4.76. The van der Waals surface area contributed by atoms with Crippen LogP contribution in [0.15, 0.2) is 10.2 Å². The molecule has 10 nitrogen and oxygen atoms in total. The molecule has 2 N–H and O–H groups in total. The summed E-state index contributed by atoms with van der Waals surface area (Å²) in [6.45, 7) is 0.859. The van der Waals surface area contributed by atoms with Crippen molar-refractivity contribution in [3.05, 3.63) is 20.9 Å². The third-order valence-corrected chi connectivity index (χ3v) is 2.06. The van der Waals surface area contributed by atoms with Crippen molar-refractivity contribution in [2.45, 2.75) is 18.8 Å². The van der Waals surface area contributed by atoms with Crippen LogP contribution in [0.2, 0.25) is 0 Å². The quantitative estimate of drug-likeness (QED) is 0.195. The zero-order valence-electron chi connectivity index (χ0n) is 10.0. The first-order valence-corrected chi connectivity index (χ1v) is 5.21. The Balaban J connectivity index is 4.39. The number of rotatable bonds is 10. The van der Waals surface area contributed by atoms with E-state index in [9.17, 15) is 10.2 Å². The molecule has 0 fully saturated rings. The Bertz CT molecular complexity index is 300. The lowest BCUT2D eigenvalue weighted by Crippen LogP contribution is -2.50. The molecule has 0 bridgehead atoms. The molecule has 0 aliphatic heterocycles. The minimum absolute atomic E-state index is 0.0168. The first kappa shape index (κ1) is 16.5. The summed E-state index contributed by atoms with van der Waals surface area (Å²) in [4.78, 5) is 5.07. The number of aliphatic hydroxyl groups excluding tert-OH is 2. The Morgan fingerprint density at radius 2 is 1.61 bits per heavy atom. The molecule has 10 heteroatoms. The van der Waals surface area contributed by atoms with Crippen LogP contribution in [0.3, 0.4) is 0 Å². The van der Waals surface area contributed by atoms with E-state index in [-0.39, 0.29) is 26.3 Å². The summed E-state index contributed by atoms with van der Waals surface area (Å²) < 4.78 is 10.4. The van der Waals surface area contributed by atoms with E-state index >= 15 is 0 Å². The molecule has 1 unspecified atom stereocenters. The van der Waals surface area contributed by atoms with Gasteiger partial charge in [-0.05, 0) is 18.0 Å². The SMILES string of the molecule is CC(O)C(CO)(OCCN=[N+]=[N-])OCCN=[N+]=[N-]. The Hall–Kier alpha value is -1.54. The zero-order chi connectivity index (χ0) is 13.9. The fraction of sp³-hybridized carbons (Fsp3) is 1.00. The highest BCUT2D eigenvalue weighted by Gasteiger charge is 2.37. The molecular weight excluding hydrogens is 244 g/mol. The van der Waals surface area contributed by atoms with Gasteiger partial charge in [0.25, 0.3) is 0 Å². The number of azide groups is 2. The second-order valence-corrected chi connectivity index (χ2v) is 3.25. The molecule has 0 amide bonds. The van der Waals surface area contributed by atoms with Crippen molar-refractivity contribution in [1.29, 1.82) is 0 Å². The second-order valence-electron chi connectivity index (χ2n) is 3.25. The minimum Gasteiger partial charge on any atom is -0.391 e. The second kappa shape index (κ2) is 9.49. The van der Waals surface area contributed by atoms with Gasteiger partial charge in [0.2, 0.25) is 5.79 Å². The van der Waals surface area contributed by atoms with Gasteiger partial charge in [0.05, 0.1) is 19.8 Å². The van der Waals surface area contributed by atoms with Crippen LogP contribution in [0.4, 0.5) is 0 Å². The van der Waals surface area contributed by atoms with Gasteiger partial charge in [0, 0.05) is 22.9 Å². The largest absolute Gasteiger partial charge is 0.391 e. The number of aliphatic hydroxyl groups is 2. The van der Waals surface area contributed by atoms with E-state index < -0.39 is 18.5 Å². The van der Waals surface area contributed by atoms with Gasteiger partial charge in [-0.15, -0.1) is 0 Å². The first-order chi connectivity index (χ1) is 8.63. The zero-order valence-corrected chi connectivity index (χ0v) is 10.0. The third-order valence-electron chi connectivity index (χ3n) is 2.06. The van der Waals surface area contributed by atoms with E-state index in [2.05, 4.69) is 20.1 Å². The summed E-state index contributed by atoms with van der Waals surface area (Å²) in [5, 5.41) is 25.3. The molecule has 102 valence electrons. The molecule has 0 saturated carbocycles. The van der Waals surface area contributed by atoms with Gasteiger partial charge < -0.3 is 19.7 Å². The molecule has 0 aliphatic carbocycles. The van der Waals surface area contributed by atoms with Gasteiger partial charge in [-0.25, -0.2) is 0 Å². The molecule has 0 rings (SSSR count). The monoisotopic (exact) mass is 260 g/mol. The summed E-state index contributed by atoms with van der Waals surface area (Å²) >= 11 is 0. The predicted molar refractivity (Wildman–Crippen MR) is 61.4 cm³/mol. The van der Waals surface area contributed by atoms with Crippen molar-refractivity contribution in [2.75, 3.05) is 32.9 Å². The van der Waals surface area contributed by atoms with E-state index in [4.69, 9.17) is 20.5 Å². The molecule has 0 saturated heterocycles. The molecule has 0 aromatic heterocycles.